The Bertz CT molecular complexity index is 486. The molecule has 0 spiro atoms. The van der Waals surface area contributed by atoms with Gasteiger partial charge in [-0.2, -0.15) is 0 Å². The second-order valence-corrected chi connectivity index (χ2v) is 8.57. The summed E-state index contributed by atoms with van der Waals surface area (Å²) in [6.07, 6.45) is 0. The van der Waals surface area contributed by atoms with Gasteiger partial charge in [-0.15, -0.1) is 11.3 Å². The molecule has 0 aliphatic rings. The van der Waals surface area contributed by atoms with Gasteiger partial charge in [0.1, 0.15) is 4.21 Å². The molecule has 0 radical (unpaired) electrons. The van der Waals surface area contributed by atoms with Gasteiger partial charge in [-0.25, -0.2) is 13.1 Å². The van der Waals surface area contributed by atoms with E-state index in [2.05, 4.69) is 10.0 Å². The van der Waals surface area contributed by atoms with E-state index in [1.54, 1.807) is 6.07 Å². The van der Waals surface area contributed by atoms with Crippen molar-refractivity contribution < 1.29 is 8.42 Å². The number of rotatable bonds is 5. The Morgan fingerprint density at radius 2 is 1.94 bits per heavy atom. The first-order valence-corrected chi connectivity index (χ1v) is 8.22. The minimum absolute atomic E-state index is 0.0991. The van der Waals surface area contributed by atoms with Gasteiger partial charge in [0, 0.05) is 17.5 Å². The van der Waals surface area contributed by atoms with Crippen LogP contribution in [-0.4, -0.2) is 21.5 Å². The molecule has 0 amide bonds. The van der Waals surface area contributed by atoms with Crippen LogP contribution in [-0.2, 0) is 16.6 Å². The molecule has 0 aliphatic heterocycles. The van der Waals surface area contributed by atoms with Crippen LogP contribution in [0.15, 0.2) is 16.3 Å². The molecule has 1 aromatic rings. The van der Waals surface area contributed by atoms with E-state index in [1.807, 2.05) is 40.8 Å². The van der Waals surface area contributed by atoms with Gasteiger partial charge in [0.15, 0.2) is 0 Å². The molecule has 0 saturated carbocycles. The van der Waals surface area contributed by atoms with E-state index in [9.17, 15) is 8.42 Å². The fourth-order valence-corrected chi connectivity index (χ4v) is 4.07. The molecule has 18 heavy (non-hydrogen) atoms. The molecule has 0 aliphatic carbocycles. The summed E-state index contributed by atoms with van der Waals surface area (Å²) < 4.78 is 27.5. The third kappa shape index (κ3) is 4.05. The lowest BCUT2D eigenvalue weighted by Crippen LogP contribution is -2.41. The van der Waals surface area contributed by atoms with Gasteiger partial charge >= 0.3 is 0 Å². The number of hydrogen-bond donors (Lipinski definition) is 2. The maximum Gasteiger partial charge on any atom is 0.250 e. The Labute approximate surface area is 114 Å². The molecule has 0 aromatic carbocycles. The number of sulfonamides is 1. The van der Waals surface area contributed by atoms with E-state index in [-0.39, 0.29) is 11.5 Å². The number of thiophene rings is 1. The summed E-state index contributed by atoms with van der Waals surface area (Å²) in [6.45, 7) is 8.62. The maximum atomic E-state index is 12.2. The summed E-state index contributed by atoms with van der Waals surface area (Å²) >= 11 is 1.30. The second-order valence-electron chi connectivity index (χ2n) is 5.46. The quantitative estimate of drug-likeness (QED) is 0.874. The molecule has 1 unspecified atom stereocenters. The SMILES string of the molecule is CNCc1ccc(S(=O)(=O)NC(C)C(C)(C)C)s1. The Hall–Kier alpha value is -0.430. The summed E-state index contributed by atoms with van der Waals surface area (Å²) in [4.78, 5) is 1.02. The van der Waals surface area contributed by atoms with Crippen LogP contribution in [0.2, 0.25) is 0 Å². The first kappa shape index (κ1) is 15.6. The fourth-order valence-electron chi connectivity index (χ4n) is 1.24. The minimum atomic E-state index is -3.40. The number of nitrogens with one attached hydrogen (secondary N) is 2. The third-order valence-electron chi connectivity index (χ3n) is 2.88. The molecule has 0 saturated heterocycles. The van der Waals surface area contributed by atoms with Crippen molar-refractivity contribution in [2.45, 2.75) is 44.5 Å². The van der Waals surface area contributed by atoms with Crippen LogP contribution in [0.5, 0.6) is 0 Å². The van der Waals surface area contributed by atoms with E-state index in [0.29, 0.717) is 10.8 Å². The van der Waals surface area contributed by atoms with Crippen LogP contribution in [0.4, 0.5) is 0 Å². The van der Waals surface area contributed by atoms with Crippen molar-refractivity contribution in [3.63, 3.8) is 0 Å². The van der Waals surface area contributed by atoms with Crippen molar-refractivity contribution in [2.24, 2.45) is 5.41 Å². The van der Waals surface area contributed by atoms with Crippen molar-refractivity contribution in [3.8, 4) is 0 Å². The molecule has 6 heteroatoms. The molecule has 0 bridgehead atoms. The summed E-state index contributed by atoms with van der Waals surface area (Å²) in [5.41, 5.74) is -0.0991. The first-order valence-electron chi connectivity index (χ1n) is 5.92. The first-order chi connectivity index (χ1) is 8.16. The van der Waals surface area contributed by atoms with E-state index in [1.165, 1.54) is 11.3 Å². The van der Waals surface area contributed by atoms with Crippen molar-refractivity contribution in [3.05, 3.63) is 17.0 Å². The van der Waals surface area contributed by atoms with Crippen molar-refractivity contribution >= 4 is 21.4 Å². The summed E-state index contributed by atoms with van der Waals surface area (Å²) in [5, 5.41) is 3.01. The molecular weight excluding hydrogens is 268 g/mol. The Balaban J connectivity index is 2.86. The fraction of sp³-hybridized carbons (Fsp3) is 0.667. The van der Waals surface area contributed by atoms with Crippen LogP contribution < -0.4 is 10.0 Å². The van der Waals surface area contributed by atoms with Gasteiger partial charge in [-0.3, -0.25) is 0 Å². The highest BCUT2D eigenvalue weighted by atomic mass is 32.2. The van der Waals surface area contributed by atoms with Gasteiger partial charge in [0.2, 0.25) is 10.0 Å². The van der Waals surface area contributed by atoms with Gasteiger partial charge in [0.05, 0.1) is 0 Å². The highest BCUT2D eigenvalue weighted by Crippen LogP contribution is 2.24. The molecule has 4 nitrogen and oxygen atoms in total. The third-order valence-corrected chi connectivity index (χ3v) is 6.00. The molecular formula is C12H22N2O2S2. The monoisotopic (exact) mass is 290 g/mol. The van der Waals surface area contributed by atoms with Crippen LogP contribution in [0, 0.1) is 5.41 Å². The molecule has 1 aromatic heterocycles. The largest absolute Gasteiger partial charge is 0.315 e. The Morgan fingerprint density at radius 3 is 2.44 bits per heavy atom. The highest BCUT2D eigenvalue weighted by Gasteiger charge is 2.26. The summed E-state index contributed by atoms with van der Waals surface area (Å²) in [6, 6.07) is 3.39. The Morgan fingerprint density at radius 1 is 1.33 bits per heavy atom. The zero-order chi connectivity index (χ0) is 14.0. The van der Waals surface area contributed by atoms with E-state index >= 15 is 0 Å². The molecule has 104 valence electrons. The van der Waals surface area contributed by atoms with Gasteiger partial charge < -0.3 is 5.32 Å². The molecule has 2 N–H and O–H groups in total. The summed E-state index contributed by atoms with van der Waals surface area (Å²) in [7, 11) is -1.56. The topological polar surface area (TPSA) is 58.2 Å². The highest BCUT2D eigenvalue weighted by molar-refractivity contribution is 7.91. The van der Waals surface area contributed by atoms with Gasteiger partial charge in [0.25, 0.3) is 0 Å². The zero-order valence-electron chi connectivity index (χ0n) is 11.6. The zero-order valence-corrected chi connectivity index (χ0v) is 13.2. The van der Waals surface area contributed by atoms with Crippen molar-refractivity contribution in [1.82, 2.24) is 10.0 Å². The van der Waals surface area contributed by atoms with Crippen LogP contribution in [0.3, 0.4) is 0 Å². The molecule has 1 atom stereocenters. The minimum Gasteiger partial charge on any atom is -0.315 e. The predicted octanol–water partition coefficient (Wildman–Crippen LogP) is 2.18. The van der Waals surface area contributed by atoms with Crippen molar-refractivity contribution in [1.29, 1.82) is 0 Å². The lowest BCUT2D eigenvalue weighted by atomic mass is 9.89. The van der Waals surface area contributed by atoms with E-state index < -0.39 is 10.0 Å². The average molecular weight is 290 g/mol. The smallest absolute Gasteiger partial charge is 0.250 e. The lowest BCUT2D eigenvalue weighted by molar-refractivity contribution is 0.318. The Kier molecular flexibility index (Phi) is 4.94. The van der Waals surface area contributed by atoms with Crippen LogP contribution in [0.25, 0.3) is 0 Å². The molecule has 1 rings (SSSR count). The lowest BCUT2D eigenvalue weighted by Gasteiger charge is -2.27. The van der Waals surface area contributed by atoms with Crippen LogP contribution >= 0.6 is 11.3 Å². The average Bonchev–Trinajstić information content (AvgIpc) is 2.65. The molecule has 0 fully saturated rings. The normalized spacial score (nSPS) is 14.7. The maximum absolute atomic E-state index is 12.2. The number of hydrogen-bond acceptors (Lipinski definition) is 4. The van der Waals surface area contributed by atoms with Crippen LogP contribution in [0.1, 0.15) is 32.6 Å². The van der Waals surface area contributed by atoms with E-state index in [4.69, 9.17) is 0 Å². The van der Waals surface area contributed by atoms with E-state index in [0.717, 1.165) is 4.88 Å². The standard InChI is InChI=1S/C12H22N2O2S2/c1-9(12(2,3)4)14-18(15,16)11-7-6-10(17-11)8-13-5/h6-7,9,13-14H,8H2,1-5H3. The molecule has 1 heterocycles. The van der Waals surface area contributed by atoms with Gasteiger partial charge in [-0.05, 0) is 31.5 Å². The second kappa shape index (κ2) is 5.69. The van der Waals surface area contributed by atoms with Crippen molar-refractivity contribution in [2.75, 3.05) is 7.05 Å². The predicted molar refractivity (Wildman–Crippen MR) is 76.3 cm³/mol. The van der Waals surface area contributed by atoms with Gasteiger partial charge in [-0.1, -0.05) is 20.8 Å². The summed E-state index contributed by atoms with van der Waals surface area (Å²) in [5.74, 6) is 0.